The molecule has 1 N–H and O–H groups in total. The van der Waals surface area contributed by atoms with Gasteiger partial charge in [-0.2, -0.15) is 0 Å². The highest BCUT2D eigenvalue weighted by Crippen LogP contribution is 2.18. The minimum Gasteiger partial charge on any atom is -0.468 e. The van der Waals surface area contributed by atoms with Gasteiger partial charge in [0, 0.05) is 4.88 Å². The van der Waals surface area contributed by atoms with E-state index in [0.29, 0.717) is 4.88 Å². The monoisotopic (exact) mass is 255 g/mol. The molecule has 1 aromatic heterocycles. The van der Waals surface area contributed by atoms with Crippen LogP contribution in [0.25, 0.3) is 0 Å². The second-order valence-electron chi connectivity index (χ2n) is 3.63. The van der Waals surface area contributed by atoms with Gasteiger partial charge < -0.3 is 10.1 Å². The number of ether oxygens (including phenoxy) is 1. The molecule has 0 radical (unpaired) electrons. The predicted octanol–water partition coefficient (Wildman–Crippen LogP) is 1.99. The standard InChI is InChI=1S/C12H17NO3S/c1-3-4-5-9-6-7-10(17-9)12(15)13-8-11(14)16-2/h6-7H,3-5,8H2,1-2H3,(H,13,15). The van der Waals surface area contributed by atoms with Crippen LogP contribution in [0.5, 0.6) is 0 Å². The number of amides is 1. The Balaban J connectivity index is 2.46. The number of hydrogen-bond donors (Lipinski definition) is 1. The maximum absolute atomic E-state index is 11.6. The fourth-order valence-electron chi connectivity index (χ4n) is 1.30. The van der Waals surface area contributed by atoms with E-state index in [4.69, 9.17) is 0 Å². The zero-order valence-electron chi connectivity index (χ0n) is 10.1. The first kappa shape index (κ1) is 13.7. The van der Waals surface area contributed by atoms with Crippen LogP contribution in [-0.2, 0) is 16.0 Å². The molecule has 0 spiro atoms. The third-order valence-corrected chi connectivity index (χ3v) is 3.43. The molecule has 1 aromatic rings. The van der Waals surface area contributed by atoms with Crippen molar-refractivity contribution in [3.05, 3.63) is 21.9 Å². The van der Waals surface area contributed by atoms with Crippen LogP contribution in [0.3, 0.4) is 0 Å². The number of nitrogens with one attached hydrogen (secondary N) is 1. The lowest BCUT2D eigenvalue weighted by Gasteiger charge is -2.01. The molecule has 1 rings (SSSR count). The van der Waals surface area contributed by atoms with Crippen molar-refractivity contribution in [2.45, 2.75) is 26.2 Å². The molecular formula is C12H17NO3S. The SMILES string of the molecule is CCCCc1ccc(C(=O)NCC(=O)OC)s1. The topological polar surface area (TPSA) is 55.4 Å². The van der Waals surface area contributed by atoms with Crippen molar-refractivity contribution in [1.29, 1.82) is 0 Å². The molecule has 0 aromatic carbocycles. The normalized spacial score (nSPS) is 10.0. The molecule has 0 aliphatic heterocycles. The zero-order valence-corrected chi connectivity index (χ0v) is 10.9. The third-order valence-electron chi connectivity index (χ3n) is 2.28. The largest absolute Gasteiger partial charge is 0.468 e. The number of unbranched alkanes of at least 4 members (excludes halogenated alkanes) is 1. The van der Waals surface area contributed by atoms with Crippen molar-refractivity contribution < 1.29 is 14.3 Å². The molecule has 0 unspecified atom stereocenters. The molecule has 0 saturated heterocycles. The molecule has 17 heavy (non-hydrogen) atoms. The van der Waals surface area contributed by atoms with E-state index in [9.17, 15) is 9.59 Å². The van der Waals surface area contributed by atoms with Crippen molar-refractivity contribution in [3.63, 3.8) is 0 Å². The summed E-state index contributed by atoms with van der Waals surface area (Å²) in [4.78, 5) is 24.3. The van der Waals surface area contributed by atoms with Crippen LogP contribution < -0.4 is 5.32 Å². The summed E-state index contributed by atoms with van der Waals surface area (Å²) in [7, 11) is 1.29. The Bertz CT molecular complexity index is 387. The molecule has 0 atom stereocenters. The van der Waals surface area contributed by atoms with Gasteiger partial charge in [0.05, 0.1) is 12.0 Å². The van der Waals surface area contributed by atoms with Gasteiger partial charge in [0.1, 0.15) is 6.54 Å². The van der Waals surface area contributed by atoms with E-state index in [0.717, 1.165) is 19.3 Å². The van der Waals surface area contributed by atoms with Crippen molar-refractivity contribution >= 4 is 23.2 Å². The first-order valence-corrected chi connectivity index (χ1v) is 6.42. The smallest absolute Gasteiger partial charge is 0.325 e. The maximum Gasteiger partial charge on any atom is 0.325 e. The van der Waals surface area contributed by atoms with Crippen LogP contribution in [-0.4, -0.2) is 25.5 Å². The van der Waals surface area contributed by atoms with Gasteiger partial charge in [0.15, 0.2) is 0 Å². The van der Waals surface area contributed by atoms with E-state index in [-0.39, 0.29) is 12.5 Å². The number of carbonyl (C=O) groups is 2. The number of carbonyl (C=O) groups excluding carboxylic acids is 2. The molecule has 0 aliphatic carbocycles. The highest BCUT2D eigenvalue weighted by molar-refractivity contribution is 7.14. The fraction of sp³-hybridized carbons (Fsp3) is 0.500. The number of methoxy groups -OCH3 is 1. The van der Waals surface area contributed by atoms with Crippen LogP contribution in [0.2, 0.25) is 0 Å². The molecule has 4 nitrogen and oxygen atoms in total. The summed E-state index contributed by atoms with van der Waals surface area (Å²) < 4.78 is 4.44. The highest BCUT2D eigenvalue weighted by Gasteiger charge is 2.10. The lowest BCUT2D eigenvalue weighted by atomic mass is 10.2. The van der Waals surface area contributed by atoms with Crippen LogP contribution >= 0.6 is 11.3 Å². The first-order valence-electron chi connectivity index (χ1n) is 5.61. The van der Waals surface area contributed by atoms with E-state index in [1.54, 1.807) is 6.07 Å². The summed E-state index contributed by atoms with van der Waals surface area (Å²) in [6.07, 6.45) is 3.27. The van der Waals surface area contributed by atoms with Gasteiger partial charge in [0.2, 0.25) is 0 Å². The first-order chi connectivity index (χ1) is 8.17. The number of aryl methyl sites for hydroxylation is 1. The van der Waals surface area contributed by atoms with Gasteiger partial charge in [-0.15, -0.1) is 11.3 Å². The Morgan fingerprint density at radius 1 is 1.41 bits per heavy atom. The van der Waals surface area contributed by atoms with Crippen LogP contribution in [0.15, 0.2) is 12.1 Å². The maximum atomic E-state index is 11.6. The van der Waals surface area contributed by atoms with Gasteiger partial charge in [-0.3, -0.25) is 9.59 Å². The highest BCUT2D eigenvalue weighted by atomic mass is 32.1. The van der Waals surface area contributed by atoms with E-state index in [2.05, 4.69) is 17.0 Å². The average Bonchev–Trinajstić information content (AvgIpc) is 2.81. The predicted molar refractivity (Wildman–Crippen MR) is 67.3 cm³/mol. The minimum absolute atomic E-state index is 0.0858. The Morgan fingerprint density at radius 3 is 2.82 bits per heavy atom. The summed E-state index contributed by atoms with van der Waals surface area (Å²) in [5, 5.41) is 2.52. The van der Waals surface area contributed by atoms with Crippen LogP contribution in [0.1, 0.15) is 34.3 Å². The summed E-state index contributed by atoms with van der Waals surface area (Å²) in [6.45, 7) is 2.05. The van der Waals surface area contributed by atoms with Crippen LogP contribution in [0, 0.1) is 0 Å². The average molecular weight is 255 g/mol. The second-order valence-corrected chi connectivity index (χ2v) is 4.80. The summed E-state index contributed by atoms with van der Waals surface area (Å²) in [5.74, 6) is -0.663. The molecule has 0 bridgehead atoms. The van der Waals surface area contributed by atoms with Crippen molar-refractivity contribution in [3.8, 4) is 0 Å². The molecule has 0 fully saturated rings. The lowest BCUT2D eigenvalue weighted by molar-refractivity contribution is -0.139. The van der Waals surface area contributed by atoms with E-state index < -0.39 is 5.97 Å². The summed E-state index contributed by atoms with van der Waals surface area (Å²) in [6, 6.07) is 3.76. The summed E-state index contributed by atoms with van der Waals surface area (Å²) >= 11 is 1.48. The Labute approximate surface area is 105 Å². The number of rotatable bonds is 6. The minimum atomic E-state index is -0.443. The number of esters is 1. The summed E-state index contributed by atoms with van der Waals surface area (Å²) in [5.41, 5.74) is 0. The number of thiophene rings is 1. The van der Waals surface area contributed by atoms with E-state index >= 15 is 0 Å². The van der Waals surface area contributed by atoms with Gasteiger partial charge in [-0.1, -0.05) is 13.3 Å². The molecule has 0 saturated carbocycles. The molecule has 5 heteroatoms. The van der Waals surface area contributed by atoms with Gasteiger partial charge >= 0.3 is 5.97 Å². The van der Waals surface area contributed by atoms with E-state index in [1.807, 2.05) is 6.07 Å². The van der Waals surface area contributed by atoms with Crippen molar-refractivity contribution in [2.24, 2.45) is 0 Å². The van der Waals surface area contributed by atoms with Crippen molar-refractivity contribution in [2.75, 3.05) is 13.7 Å². The Morgan fingerprint density at radius 2 is 2.18 bits per heavy atom. The fourth-order valence-corrected chi connectivity index (χ4v) is 2.26. The lowest BCUT2D eigenvalue weighted by Crippen LogP contribution is -2.29. The third kappa shape index (κ3) is 4.56. The van der Waals surface area contributed by atoms with E-state index in [1.165, 1.54) is 23.3 Å². The molecular weight excluding hydrogens is 238 g/mol. The van der Waals surface area contributed by atoms with Crippen LogP contribution in [0.4, 0.5) is 0 Å². The zero-order chi connectivity index (χ0) is 12.7. The van der Waals surface area contributed by atoms with Gasteiger partial charge in [0.25, 0.3) is 5.91 Å². The van der Waals surface area contributed by atoms with Gasteiger partial charge in [-0.05, 0) is 25.0 Å². The molecule has 0 aliphatic rings. The second kappa shape index (κ2) is 7.06. The molecule has 1 heterocycles. The molecule has 1 amide bonds. The number of hydrogen-bond acceptors (Lipinski definition) is 4. The Kier molecular flexibility index (Phi) is 5.69. The Hall–Kier alpha value is -1.36. The molecule has 94 valence electrons. The quantitative estimate of drug-likeness (QED) is 0.791. The van der Waals surface area contributed by atoms with Crippen molar-refractivity contribution in [1.82, 2.24) is 5.32 Å². The van der Waals surface area contributed by atoms with Gasteiger partial charge in [-0.25, -0.2) is 0 Å².